The second-order valence-electron chi connectivity index (χ2n) is 10.00. The van der Waals surface area contributed by atoms with Gasteiger partial charge in [-0.25, -0.2) is 9.07 Å². The van der Waals surface area contributed by atoms with Crippen LogP contribution in [0.4, 0.5) is 10.1 Å². The minimum Gasteiger partial charge on any atom is -0.497 e. The summed E-state index contributed by atoms with van der Waals surface area (Å²) < 4.78 is 21.7. The second kappa shape index (κ2) is 9.93. The predicted octanol–water partition coefficient (Wildman–Crippen LogP) is 3.72. The van der Waals surface area contributed by atoms with Crippen LogP contribution in [0.3, 0.4) is 0 Å². The summed E-state index contributed by atoms with van der Waals surface area (Å²) in [5.74, 6) is 1.08. The number of pyridine rings is 1. The molecule has 9 nitrogen and oxygen atoms in total. The number of methoxy groups -OCH3 is 1. The van der Waals surface area contributed by atoms with E-state index in [1.807, 2.05) is 39.9 Å². The number of rotatable bonds is 7. The number of tetrazole rings is 1. The Bertz CT molecular complexity index is 1460. The summed E-state index contributed by atoms with van der Waals surface area (Å²) in [6.45, 7) is 8.67. The van der Waals surface area contributed by atoms with E-state index in [2.05, 4.69) is 46.2 Å². The number of fused-ring (bicyclic) bond motifs is 1. The van der Waals surface area contributed by atoms with E-state index in [4.69, 9.17) is 4.74 Å². The van der Waals surface area contributed by atoms with Crippen LogP contribution >= 0.6 is 0 Å². The summed E-state index contributed by atoms with van der Waals surface area (Å²) >= 11 is 0. The Hall–Kier alpha value is -3.79. The molecule has 3 heterocycles. The number of nitrogens with one attached hydrogen (secondary N) is 1. The number of piperazine rings is 1. The van der Waals surface area contributed by atoms with Crippen molar-refractivity contribution in [2.45, 2.75) is 38.8 Å². The molecule has 1 aliphatic rings. The zero-order valence-electron chi connectivity index (χ0n) is 21.6. The molecule has 5 rings (SSSR count). The highest BCUT2D eigenvalue weighted by Crippen LogP contribution is 2.32. The van der Waals surface area contributed by atoms with Crippen LogP contribution in [-0.2, 0) is 5.54 Å². The molecule has 1 aliphatic heterocycles. The number of aromatic nitrogens is 5. The number of halogens is 1. The maximum atomic E-state index is 14.5. The molecule has 1 atom stereocenters. The number of anilines is 1. The van der Waals surface area contributed by atoms with Crippen LogP contribution in [-0.4, -0.2) is 63.4 Å². The van der Waals surface area contributed by atoms with Crippen LogP contribution in [0, 0.1) is 5.82 Å². The summed E-state index contributed by atoms with van der Waals surface area (Å²) in [7, 11) is 1.62. The molecule has 1 fully saturated rings. The van der Waals surface area contributed by atoms with Crippen molar-refractivity contribution in [3.05, 3.63) is 76.1 Å². The van der Waals surface area contributed by atoms with Crippen LogP contribution in [0.5, 0.6) is 5.75 Å². The number of H-pyrrole nitrogens is 1. The number of aromatic amines is 1. The molecule has 194 valence electrons. The third-order valence-corrected chi connectivity index (χ3v) is 7.42. The first-order valence-corrected chi connectivity index (χ1v) is 12.6. The van der Waals surface area contributed by atoms with E-state index in [0.29, 0.717) is 49.0 Å². The molecule has 4 aromatic rings. The highest BCUT2D eigenvalue weighted by molar-refractivity contribution is 5.80. The fourth-order valence-electron chi connectivity index (χ4n) is 4.91. The highest BCUT2D eigenvalue weighted by Gasteiger charge is 2.36. The molecular weight excluding hydrogens is 473 g/mol. The third-order valence-electron chi connectivity index (χ3n) is 7.42. The molecule has 2 aromatic carbocycles. The maximum absolute atomic E-state index is 14.5. The zero-order valence-corrected chi connectivity index (χ0v) is 21.6. The van der Waals surface area contributed by atoms with Gasteiger partial charge in [0.05, 0.1) is 18.3 Å². The quantitative estimate of drug-likeness (QED) is 0.409. The summed E-state index contributed by atoms with van der Waals surface area (Å²) in [4.78, 5) is 20.8. The van der Waals surface area contributed by atoms with Gasteiger partial charge in [-0.2, -0.15) is 0 Å². The van der Waals surface area contributed by atoms with Crippen molar-refractivity contribution < 1.29 is 9.13 Å². The Labute approximate surface area is 214 Å². The van der Waals surface area contributed by atoms with E-state index in [-0.39, 0.29) is 16.9 Å². The van der Waals surface area contributed by atoms with E-state index in [1.54, 1.807) is 19.2 Å². The molecule has 10 heteroatoms. The molecular formula is C27H32FN7O2. The van der Waals surface area contributed by atoms with Gasteiger partial charge in [0.1, 0.15) is 17.6 Å². The van der Waals surface area contributed by atoms with Crippen LogP contribution in [0.15, 0.2) is 53.3 Å². The molecule has 0 bridgehead atoms. The first-order valence-electron chi connectivity index (χ1n) is 12.6. The van der Waals surface area contributed by atoms with Crippen LogP contribution in [0.2, 0.25) is 0 Å². The first-order chi connectivity index (χ1) is 17.8. The average Bonchev–Trinajstić information content (AvgIpc) is 3.40. The van der Waals surface area contributed by atoms with Crippen molar-refractivity contribution in [1.29, 1.82) is 0 Å². The largest absolute Gasteiger partial charge is 0.497 e. The molecule has 2 aromatic heterocycles. The van der Waals surface area contributed by atoms with Gasteiger partial charge in [0.25, 0.3) is 5.56 Å². The van der Waals surface area contributed by atoms with Crippen molar-refractivity contribution in [2.75, 3.05) is 38.2 Å². The number of nitrogens with zero attached hydrogens (tertiary/aromatic N) is 6. The molecule has 0 aliphatic carbocycles. The topological polar surface area (TPSA) is 92.2 Å². The van der Waals surface area contributed by atoms with Gasteiger partial charge in [-0.05, 0) is 67.1 Å². The Morgan fingerprint density at radius 1 is 1.11 bits per heavy atom. The van der Waals surface area contributed by atoms with Gasteiger partial charge in [0.2, 0.25) is 0 Å². The predicted molar refractivity (Wildman–Crippen MR) is 141 cm³/mol. The lowest BCUT2D eigenvalue weighted by atomic mass is 9.98. The van der Waals surface area contributed by atoms with Crippen LogP contribution < -0.4 is 15.2 Å². The van der Waals surface area contributed by atoms with Crippen molar-refractivity contribution in [3.63, 3.8) is 0 Å². The first kappa shape index (κ1) is 24.9. The van der Waals surface area contributed by atoms with Gasteiger partial charge in [0.15, 0.2) is 5.82 Å². The Balaban J connectivity index is 1.58. The number of benzene rings is 2. The van der Waals surface area contributed by atoms with Gasteiger partial charge in [-0.15, -0.1) is 5.10 Å². The van der Waals surface area contributed by atoms with Crippen molar-refractivity contribution in [1.82, 2.24) is 30.1 Å². The summed E-state index contributed by atoms with van der Waals surface area (Å²) in [5.41, 5.74) is 1.34. The van der Waals surface area contributed by atoms with Crippen molar-refractivity contribution >= 4 is 16.6 Å². The fraction of sp³-hybridized carbons (Fsp3) is 0.407. The number of hydrogen-bond acceptors (Lipinski definition) is 7. The summed E-state index contributed by atoms with van der Waals surface area (Å²) in [5, 5.41) is 13.6. The number of hydrogen-bond donors (Lipinski definition) is 1. The lowest BCUT2D eigenvalue weighted by Gasteiger charge is -2.40. The lowest BCUT2D eigenvalue weighted by Crippen LogP contribution is -2.49. The summed E-state index contributed by atoms with van der Waals surface area (Å²) in [6, 6.07) is 13.8. The van der Waals surface area contributed by atoms with Crippen LogP contribution in [0.1, 0.15) is 44.6 Å². The van der Waals surface area contributed by atoms with E-state index in [1.165, 1.54) is 6.07 Å². The fourth-order valence-corrected chi connectivity index (χ4v) is 4.91. The van der Waals surface area contributed by atoms with Gasteiger partial charge < -0.3 is 14.6 Å². The molecule has 0 radical (unpaired) electrons. The van der Waals surface area contributed by atoms with Gasteiger partial charge in [-0.3, -0.25) is 9.69 Å². The van der Waals surface area contributed by atoms with E-state index >= 15 is 0 Å². The molecule has 37 heavy (non-hydrogen) atoms. The minimum absolute atomic E-state index is 0.192. The molecule has 0 spiro atoms. The summed E-state index contributed by atoms with van der Waals surface area (Å²) in [6.07, 6.45) is 0.810. The highest BCUT2D eigenvalue weighted by atomic mass is 19.1. The molecule has 1 N–H and O–H groups in total. The van der Waals surface area contributed by atoms with Crippen molar-refractivity contribution in [2.24, 2.45) is 0 Å². The van der Waals surface area contributed by atoms with E-state index in [0.717, 1.165) is 17.3 Å². The third kappa shape index (κ3) is 4.69. The Morgan fingerprint density at radius 3 is 2.57 bits per heavy atom. The Kier molecular flexibility index (Phi) is 6.68. The average molecular weight is 506 g/mol. The van der Waals surface area contributed by atoms with Crippen LogP contribution in [0.25, 0.3) is 10.9 Å². The monoisotopic (exact) mass is 505 g/mol. The zero-order chi connectivity index (χ0) is 26.2. The van der Waals surface area contributed by atoms with Gasteiger partial charge in [-0.1, -0.05) is 19.1 Å². The van der Waals surface area contributed by atoms with Gasteiger partial charge >= 0.3 is 0 Å². The molecule has 1 unspecified atom stereocenters. The maximum Gasteiger partial charge on any atom is 0.253 e. The van der Waals surface area contributed by atoms with Crippen molar-refractivity contribution in [3.8, 4) is 5.75 Å². The number of para-hydroxylation sites is 1. The molecule has 0 amide bonds. The van der Waals surface area contributed by atoms with Gasteiger partial charge in [0, 0.05) is 42.6 Å². The Morgan fingerprint density at radius 2 is 1.86 bits per heavy atom. The lowest BCUT2D eigenvalue weighted by molar-refractivity contribution is 0.186. The number of ether oxygens (including phenoxy) is 1. The normalized spacial score (nSPS) is 15.8. The van der Waals surface area contributed by atoms with E-state index in [9.17, 15) is 9.18 Å². The van der Waals surface area contributed by atoms with E-state index < -0.39 is 6.04 Å². The minimum atomic E-state index is -0.483. The molecule has 1 saturated heterocycles. The standard InChI is InChI=1S/C27H32FN7O2/c1-5-27(2,3)35-25(30-31-32-35)24(20-17-18-16-19(37-4)10-11-22(18)29-26(20)36)34-14-12-33(13-15-34)23-9-7-6-8-21(23)28/h6-11,16-17,24H,5,12-15H2,1-4H3,(H,29,36). The smallest absolute Gasteiger partial charge is 0.253 e. The second-order valence-corrected chi connectivity index (χ2v) is 10.00. The SMILES string of the molecule is CCC(C)(C)n1nnnc1C(c1cc2cc(OC)ccc2[nH]c1=O)N1CCN(c2ccccc2F)CC1. The molecule has 0 saturated carbocycles.